The first-order valence-electron chi connectivity index (χ1n) is 6.57. The molecule has 4 heteroatoms. The fraction of sp³-hybridized carbons (Fsp3) is 0.467. The summed E-state index contributed by atoms with van der Waals surface area (Å²) in [6.45, 7) is 2.17. The molecule has 0 unspecified atom stereocenters. The molecule has 1 amide bonds. The van der Waals surface area contributed by atoms with Crippen molar-refractivity contribution in [2.24, 2.45) is 5.92 Å². The van der Waals surface area contributed by atoms with E-state index < -0.39 is 5.54 Å². The van der Waals surface area contributed by atoms with Crippen LogP contribution in [0.1, 0.15) is 43.0 Å². The number of nitrogens with zero attached hydrogens (tertiary/aromatic N) is 1. The molecule has 0 spiro atoms. The molecule has 19 heavy (non-hydrogen) atoms. The number of hydrogen-bond donors (Lipinski definition) is 2. The number of carbonyl (C=O) groups is 1. The Morgan fingerprint density at radius 3 is 2.47 bits per heavy atom. The van der Waals surface area contributed by atoms with Gasteiger partial charge in [-0.25, -0.2) is 0 Å². The molecule has 2 N–H and O–H groups in total. The molecule has 0 saturated heterocycles. The maximum atomic E-state index is 12.1. The fourth-order valence-electron chi connectivity index (χ4n) is 2.42. The third-order valence-corrected chi connectivity index (χ3v) is 3.82. The minimum atomic E-state index is -0.735. The Hall–Kier alpha value is -2.02. The van der Waals surface area contributed by atoms with E-state index in [-0.39, 0.29) is 11.7 Å². The van der Waals surface area contributed by atoms with E-state index in [4.69, 9.17) is 0 Å². The molecular formula is C15H18N2O2. The van der Waals surface area contributed by atoms with Crippen LogP contribution in [0.4, 0.5) is 0 Å². The molecule has 0 heterocycles. The number of nitrogens with one attached hydrogen (secondary N) is 1. The van der Waals surface area contributed by atoms with Gasteiger partial charge in [0.25, 0.3) is 5.91 Å². The van der Waals surface area contributed by atoms with Gasteiger partial charge >= 0.3 is 0 Å². The lowest BCUT2D eigenvalue weighted by Gasteiger charge is -2.34. The van der Waals surface area contributed by atoms with E-state index in [1.807, 2.05) is 0 Å². The lowest BCUT2D eigenvalue weighted by molar-refractivity contribution is 0.0894. The normalized spacial score (nSPS) is 26.4. The van der Waals surface area contributed by atoms with Crippen molar-refractivity contribution >= 4 is 5.91 Å². The molecule has 0 atom stereocenters. The summed E-state index contributed by atoms with van der Waals surface area (Å²) in [6, 6.07) is 8.32. The van der Waals surface area contributed by atoms with Gasteiger partial charge in [0, 0.05) is 5.56 Å². The van der Waals surface area contributed by atoms with E-state index in [9.17, 15) is 15.2 Å². The van der Waals surface area contributed by atoms with E-state index in [1.54, 1.807) is 12.1 Å². The molecule has 0 aliphatic heterocycles. The highest BCUT2D eigenvalue weighted by atomic mass is 16.3. The van der Waals surface area contributed by atoms with Crippen molar-refractivity contribution in [3.63, 3.8) is 0 Å². The minimum absolute atomic E-state index is 0.123. The lowest BCUT2D eigenvalue weighted by atomic mass is 9.78. The molecular weight excluding hydrogens is 240 g/mol. The van der Waals surface area contributed by atoms with E-state index in [0.717, 1.165) is 12.8 Å². The van der Waals surface area contributed by atoms with Crippen molar-refractivity contribution in [3.05, 3.63) is 29.8 Å². The first kappa shape index (κ1) is 13.4. The van der Waals surface area contributed by atoms with Crippen molar-refractivity contribution in [2.45, 2.75) is 38.1 Å². The Balaban J connectivity index is 2.09. The van der Waals surface area contributed by atoms with Gasteiger partial charge in [0.2, 0.25) is 0 Å². The number of hydrogen-bond acceptors (Lipinski definition) is 3. The summed E-state index contributed by atoms with van der Waals surface area (Å²) in [5, 5.41) is 21.4. The Bertz CT molecular complexity index is 494. The summed E-state index contributed by atoms with van der Waals surface area (Å²) in [6.07, 6.45) is 3.33. The summed E-state index contributed by atoms with van der Waals surface area (Å²) in [5.41, 5.74) is -0.271. The maximum absolute atomic E-state index is 12.1. The van der Waals surface area contributed by atoms with Gasteiger partial charge in [0.1, 0.15) is 11.3 Å². The highest BCUT2D eigenvalue weighted by Gasteiger charge is 2.35. The van der Waals surface area contributed by atoms with Crippen LogP contribution in [0, 0.1) is 17.2 Å². The predicted molar refractivity (Wildman–Crippen MR) is 71.5 cm³/mol. The van der Waals surface area contributed by atoms with Gasteiger partial charge in [-0.05, 0) is 55.9 Å². The van der Waals surface area contributed by atoms with Crippen molar-refractivity contribution < 1.29 is 9.90 Å². The number of phenolic OH excluding ortho intramolecular Hbond substituents is 1. The quantitative estimate of drug-likeness (QED) is 0.856. The number of benzene rings is 1. The highest BCUT2D eigenvalue weighted by Crippen LogP contribution is 2.31. The van der Waals surface area contributed by atoms with Crippen LogP contribution >= 0.6 is 0 Å². The molecule has 1 aromatic rings. The van der Waals surface area contributed by atoms with Crippen LogP contribution < -0.4 is 5.32 Å². The van der Waals surface area contributed by atoms with Gasteiger partial charge < -0.3 is 10.4 Å². The number of amides is 1. The highest BCUT2D eigenvalue weighted by molar-refractivity contribution is 5.95. The van der Waals surface area contributed by atoms with Crippen LogP contribution in [0.3, 0.4) is 0 Å². The monoisotopic (exact) mass is 258 g/mol. The van der Waals surface area contributed by atoms with Crippen LogP contribution in [-0.4, -0.2) is 16.6 Å². The summed E-state index contributed by atoms with van der Waals surface area (Å²) in [4.78, 5) is 12.1. The van der Waals surface area contributed by atoms with E-state index in [0.29, 0.717) is 24.3 Å². The van der Waals surface area contributed by atoms with Crippen molar-refractivity contribution in [3.8, 4) is 11.8 Å². The lowest BCUT2D eigenvalue weighted by Crippen LogP contribution is -2.49. The fourth-order valence-corrected chi connectivity index (χ4v) is 2.42. The van der Waals surface area contributed by atoms with Crippen LogP contribution in [0.2, 0.25) is 0 Å². The Labute approximate surface area is 113 Å². The minimum Gasteiger partial charge on any atom is -0.508 e. The number of phenols is 1. The molecule has 100 valence electrons. The largest absolute Gasteiger partial charge is 0.508 e. The third kappa shape index (κ3) is 3.05. The van der Waals surface area contributed by atoms with Gasteiger partial charge in [-0.15, -0.1) is 0 Å². The Kier molecular flexibility index (Phi) is 3.75. The Morgan fingerprint density at radius 2 is 1.95 bits per heavy atom. The van der Waals surface area contributed by atoms with Crippen molar-refractivity contribution in [1.82, 2.24) is 5.32 Å². The molecule has 1 fully saturated rings. The first-order chi connectivity index (χ1) is 9.04. The SMILES string of the molecule is CC1CCC(C#N)(NC(=O)c2ccc(O)cc2)CC1. The smallest absolute Gasteiger partial charge is 0.252 e. The first-order valence-corrected chi connectivity index (χ1v) is 6.57. The molecule has 4 nitrogen and oxygen atoms in total. The molecule has 0 radical (unpaired) electrons. The van der Waals surface area contributed by atoms with Gasteiger partial charge in [-0.2, -0.15) is 5.26 Å². The summed E-state index contributed by atoms with van der Waals surface area (Å²) >= 11 is 0. The zero-order valence-corrected chi connectivity index (χ0v) is 11.0. The van der Waals surface area contributed by atoms with Crippen molar-refractivity contribution in [2.75, 3.05) is 0 Å². The van der Waals surface area contributed by atoms with E-state index >= 15 is 0 Å². The van der Waals surface area contributed by atoms with E-state index in [2.05, 4.69) is 18.3 Å². The second-order valence-electron chi connectivity index (χ2n) is 5.38. The molecule has 1 aliphatic rings. The average Bonchev–Trinajstić information content (AvgIpc) is 2.42. The van der Waals surface area contributed by atoms with Crippen molar-refractivity contribution in [1.29, 1.82) is 5.26 Å². The summed E-state index contributed by atoms with van der Waals surface area (Å²) < 4.78 is 0. The predicted octanol–water partition coefficient (Wildman–Crippen LogP) is 2.59. The van der Waals surface area contributed by atoms with Crippen LogP contribution in [0.25, 0.3) is 0 Å². The van der Waals surface area contributed by atoms with Gasteiger partial charge in [-0.1, -0.05) is 6.92 Å². The van der Waals surface area contributed by atoms with E-state index in [1.165, 1.54) is 12.1 Å². The molecule has 1 saturated carbocycles. The number of nitriles is 1. The maximum Gasteiger partial charge on any atom is 0.252 e. The van der Waals surface area contributed by atoms with Crippen LogP contribution in [0.15, 0.2) is 24.3 Å². The standard InChI is InChI=1S/C15H18N2O2/c1-11-6-8-15(10-16,9-7-11)17-14(19)12-2-4-13(18)5-3-12/h2-5,11,18H,6-9H2,1H3,(H,17,19). The second kappa shape index (κ2) is 5.31. The number of carbonyl (C=O) groups excluding carboxylic acids is 1. The number of aromatic hydroxyl groups is 1. The molecule has 0 bridgehead atoms. The summed E-state index contributed by atoms with van der Waals surface area (Å²) in [5.74, 6) is 0.487. The average molecular weight is 258 g/mol. The second-order valence-corrected chi connectivity index (χ2v) is 5.38. The third-order valence-electron chi connectivity index (χ3n) is 3.82. The zero-order valence-electron chi connectivity index (χ0n) is 11.0. The van der Waals surface area contributed by atoms with Gasteiger partial charge in [0.15, 0.2) is 0 Å². The molecule has 2 rings (SSSR count). The number of rotatable bonds is 2. The Morgan fingerprint density at radius 1 is 1.37 bits per heavy atom. The van der Waals surface area contributed by atoms with Crippen LogP contribution in [0.5, 0.6) is 5.75 Å². The summed E-state index contributed by atoms with van der Waals surface area (Å²) in [7, 11) is 0. The topological polar surface area (TPSA) is 73.1 Å². The van der Waals surface area contributed by atoms with Gasteiger partial charge in [0.05, 0.1) is 6.07 Å². The zero-order chi connectivity index (χ0) is 13.9. The molecule has 1 aliphatic carbocycles. The van der Waals surface area contributed by atoms with Crippen LogP contribution in [-0.2, 0) is 0 Å². The van der Waals surface area contributed by atoms with Gasteiger partial charge in [-0.3, -0.25) is 4.79 Å². The molecule has 0 aromatic heterocycles. The molecule has 1 aromatic carbocycles.